The molecule has 25 heavy (non-hydrogen) atoms. The lowest BCUT2D eigenvalue weighted by Crippen LogP contribution is -2.28. The number of carbonyl (C=O) groups excluding carboxylic acids is 1. The predicted molar refractivity (Wildman–Crippen MR) is 104 cm³/mol. The van der Waals surface area contributed by atoms with Gasteiger partial charge in [0.05, 0.1) is 16.9 Å². The zero-order valence-electron chi connectivity index (χ0n) is 14.0. The Bertz CT molecular complexity index is 1020. The van der Waals surface area contributed by atoms with E-state index in [1.165, 1.54) is 4.57 Å². The van der Waals surface area contributed by atoms with Gasteiger partial charge in [-0.3, -0.25) is 14.2 Å². The number of thiophene rings is 1. The molecule has 0 aliphatic rings. The number of nitrogens with zero attached hydrogens (tertiary/aromatic N) is 1. The number of rotatable bonds is 5. The lowest BCUT2D eigenvalue weighted by Gasteiger charge is -2.15. The van der Waals surface area contributed by atoms with Crippen molar-refractivity contribution < 1.29 is 4.79 Å². The van der Waals surface area contributed by atoms with Crippen LogP contribution >= 0.6 is 23.6 Å². The van der Waals surface area contributed by atoms with Crippen molar-refractivity contribution in [2.75, 3.05) is 0 Å². The number of fused-ring (bicyclic) bond motifs is 1. The molecule has 2 aromatic heterocycles. The molecule has 0 fully saturated rings. The molecule has 0 aliphatic heterocycles. The first-order chi connectivity index (χ1) is 12.0. The van der Waals surface area contributed by atoms with Gasteiger partial charge in [0, 0.05) is 17.0 Å². The van der Waals surface area contributed by atoms with Crippen molar-refractivity contribution >= 4 is 40.4 Å². The smallest absolute Gasteiger partial charge is 0.262 e. The van der Waals surface area contributed by atoms with Crippen molar-refractivity contribution in [3.8, 4) is 0 Å². The molecule has 130 valence electrons. The van der Waals surface area contributed by atoms with Crippen LogP contribution in [0.1, 0.15) is 41.5 Å². The molecule has 0 saturated carbocycles. The van der Waals surface area contributed by atoms with Crippen molar-refractivity contribution in [2.45, 2.75) is 32.9 Å². The van der Waals surface area contributed by atoms with Crippen LogP contribution in [0.5, 0.6) is 0 Å². The third-order valence-electron chi connectivity index (χ3n) is 4.16. The number of hydrogen-bond acceptors (Lipinski definition) is 4. The molecule has 7 heteroatoms. The van der Waals surface area contributed by atoms with Gasteiger partial charge in [-0.1, -0.05) is 13.0 Å². The summed E-state index contributed by atoms with van der Waals surface area (Å²) in [4.78, 5) is 29.2. The highest BCUT2D eigenvalue weighted by molar-refractivity contribution is 7.71. The first kappa shape index (κ1) is 17.6. The summed E-state index contributed by atoms with van der Waals surface area (Å²) in [5.74, 6) is -0.166. The quantitative estimate of drug-likeness (QED) is 0.664. The Labute approximate surface area is 154 Å². The van der Waals surface area contributed by atoms with Crippen molar-refractivity contribution in [3.05, 3.63) is 61.3 Å². The van der Waals surface area contributed by atoms with Gasteiger partial charge in [0.2, 0.25) is 0 Å². The van der Waals surface area contributed by atoms with E-state index < -0.39 is 0 Å². The summed E-state index contributed by atoms with van der Waals surface area (Å²) in [6, 6.07) is 9.01. The Morgan fingerprint density at radius 3 is 2.80 bits per heavy atom. The number of aromatic amines is 1. The van der Waals surface area contributed by atoms with E-state index in [1.807, 2.05) is 31.4 Å². The van der Waals surface area contributed by atoms with Crippen molar-refractivity contribution in [3.63, 3.8) is 0 Å². The van der Waals surface area contributed by atoms with Crippen LogP contribution in [0.25, 0.3) is 10.9 Å². The van der Waals surface area contributed by atoms with E-state index in [4.69, 9.17) is 12.2 Å². The summed E-state index contributed by atoms with van der Waals surface area (Å²) in [7, 11) is 0. The molecule has 0 bridgehead atoms. The van der Waals surface area contributed by atoms with E-state index in [0.717, 1.165) is 11.3 Å². The molecule has 5 nitrogen and oxygen atoms in total. The molecule has 0 saturated heterocycles. The minimum Gasteiger partial charge on any atom is -0.344 e. The largest absolute Gasteiger partial charge is 0.344 e. The zero-order chi connectivity index (χ0) is 18.0. The number of hydrogen-bond donors (Lipinski definition) is 2. The third-order valence-corrected chi connectivity index (χ3v) is 5.47. The molecule has 3 rings (SSSR count). The molecule has 0 aliphatic carbocycles. The summed E-state index contributed by atoms with van der Waals surface area (Å²) < 4.78 is 1.86. The minimum atomic E-state index is -0.166. The van der Waals surface area contributed by atoms with Crippen LogP contribution < -0.4 is 10.9 Å². The lowest BCUT2D eigenvalue weighted by molar-refractivity contribution is 0.0936. The second-order valence-corrected chi connectivity index (χ2v) is 7.06. The highest BCUT2D eigenvalue weighted by Gasteiger charge is 2.16. The van der Waals surface area contributed by atoms with Crippen LogP contribution in [0.4, 0.5) is 0 Å². The number of nitrogens with one attached hydrogen (secondary N) is 2. The van der Waals surface area contributed by atoms with Gasteiger partial charge in [0.15, 0.2) is 4.77 Å². The van der Waals surface area contributed by atoms with Gasteiger partial charge >= 0.3 is 0 Å². The van der Waals surface area contributed by atoms with Crippen LogP contribution in [0.15, 0.2) is 40.5 Å². The first-order valence-corrected chi connectivity index (χ1v) is 9.45. The van der Waals surface area contributed by atoms with Gasteiger partial charge < -0.3 is 10.3 Å². The second-order valence-electron chi connectivity index (χ2n) is 5.69. The van der Waals surface area contributed by atoms with Gasteiger partial charge in [-0.2, -0.15) is 0 Å². The maximum atomic E-state index is 12.6. The van der Waals surface area contributed by atoms with E-state index >= 15 is 0 Å². The lowest BCUT2D eigenvalue weighted by atomic mass is 10.1. The Morgan fingerprint density at radius 2 is 2.16 bits per heavy atom. The van der Waals surface area contributed by atoms with E-state index in [-0.39, 0.29) is 17.5 Å². The van der Waals surface area contributed by atoms with Gasteiger partial charge in [-0.25, -0.2) is 0 Å². The second kappa shape index (κ2) is 7.33. The van der Waals surface area contributed by atoms with Crippen LogP contribution in [0, 0.1) is 4.77 Å². The normalized spacial score (nSPS) is 12.2. The van der Waals surface area contributed by atoms with E-state index in [1.54, 1.807) is 29.5 Å². The van der Waals surface area contributed by atoms with Gasteiger partial charge in [0.25, 0.3) is 11.5 Å². The number of benzene rings is 1. The topological polar surface area (TPSA) is 66.9 Å². The van der Waals surface area contributed by atoms with Gasteiger partial charge in [0.1, 0.15) is 0 Å². The maximum Gasteiger partial charge on any atom is 0.262 e. The fourth-order valence-electron chi connectivity index (χ4n) is 2.79. The van der Waals surface area contributed by atoms with E-state index in [9.17, 15) is 9.59 Å². The Hall–Kier alpha value is -2.25. The molecule has 2 N–H and O–H groups in total. The number of amides is 1. The summed E-state index contributed by atoms with van der Waals surface area (Å²) in [6.45, 7) is 4.41. The Balaban J connectivity index is 1.95. The molecule has 0 spiro atoms. The standard InChI is InChI=1S/C18H19N3O2S2/c1-3-13(15-6-5-9-25-15)19-16(22)11-7-8-12-14(10-11)20-18(24)21(4-2)17(12)23/h5-10,13H,3-4H2,1-2H3,(H,19,22)(H,20,24). The van der Waals surface area contributed by atoms with Crippen molar-refractivity contribution in [2.24, 2.45) is 0 Å². The predicted octanol–water partition coefficient (Wildman–Crippen LogP) is 4.02. The highest BCUT2D eigenvalue weighted by atomic mass is 32.1. The van der Waals surface area contributed by atoms with Crippen molar-refractivity contribution in [1.29, 1.82) is 0 Å². The Kier molecular flexibility index (Phi) is 5.15. The first-order valence-electron chi connectivity index (χ1n) is 8.16. The zero-order valence-corrected chi connectivity index (χ0v) is 15.7. The minimum absolute atomic E-state index is 0.0187. The number of carbonyl (C=O) groups is 1. The van der Waals surface area contributed by atoms with Crippen LogP contribution in [-0.2, 0) is 6.54 Å². The average Bonchev–Trinajstić information content (AvgIpc) is 3.13. The molecule has 1 unspecified atom stereocenters. The maximum absolute atomic E-state index is 12.6. The molecule has 1 amide bonds. The van der Waals surface area contributed by atoms with Crippen LogP contribution in [-0.4, -0.2) is 15.5 Å². The van der Waals surface area contributed by atoms with E-state index in [2.05, 4.69) is 10.3 Å². The van der Waals surface area contributed by atoms with Gasteiger partial charge in [-0.15, -0.1) is 11.3 Å². The molecule has 2 heterocycles. The third kappa shape index (κ3) is 3.43. The fraction of sp³-hybridized carbons (Fsp3) is 0.278. The summed E-state index contributed by atoms with van der Waals surface area (Å²) in [6.07, 6.45) is 0.809. The molecule has 0 radical (unpaired) electrons. The molecule has 1 aromatic carbocycles. The molecule has 1 atom stereocenters. The molecule has 3 aromatic rings. The summed E-state index contributed by atoms with van der Waals surface area (Å²) in [5.41, 5.74) is 0.941. The van der Waals surface area contributed by atoms with Crippen molar-refractivity contribution in [1.82, 2.24) is 14.9 Å². The monoisotopic (exact) mass is 373 g/mol. The molecular weight excluding hydrogens is 354 g/mol. The summed E-state index contributed by atoms with van der Waals surface area (Å²) >= 11 is 6.85. The average molecular weight is 374 g/mol. The van der Waals surface area contributed by atoms with Crippen LogP contribution in [0.3, 0.4) is 0 Å². The van der Waals surface area contributed by atoms with E-state index in [0.29, 0.717) is 27.8 Å². The van der Waals surface area contributed by atoms with Gasteiger partial charge in [-0.05, 0) is 55.2 Å². The Morgan fingerprint density at radius 1 is 1.36 bits per heavy atom. The number of aromatic nitrogens is 2. The number of H-pyrrole nitrogens is 1. The molecular formula is C18H19N3O2S2. The fourth-order valence-corrected chi connectivity index (χ4v) is 3.97. The summed E-state index contributed by atoms with van der Waals surface area (Å²) in [5, 5.41) is 5.57. The highest BCUT2D eigenvalue weighted by Crippen LogP contribution is 2.22. The van der Waals surface area contributed by atoms with Crippen LogP contribution in [0.2, 0.25) is 0 Å². The SMILES string of the molecule is CCC(NC(=O)c1ccc2c(=O)n(CC)c(=S)[nH]c2c1)c1cccs1.